The summed E-state index contributed by atoms with van der Waals surface area (Å²) in [7, 11) is 0. The molecule has 3 N–H and O–H groups in total. The monoisotopic (exact) mass is 227 g/mol. The van der Waals surface area contributed by atoms with Crippen molar-refractivity contribution >= 4 is 5.97 Å². The molecule has 92 valence electrons. The first-order valence-electron chi connectivity index (χ1n) is 6.25. The van der Waals surface area contributed by atoms with E-state index < -0.39 is 12.0 Å². The van der Waals surface area contributed by atoms with E-state index in [9.17, 15) is 4.79 Å². The molecule has 1 saturated heterocycles. The summed E-state index contributed by atoms with van der Waals surface area (Å²) in [5.74, 6) is -0.790. The highest BCUT2D eigenvalue weighted by atomic mass is 16.5. The van der Waals surface area contributed by atoms with Crippen molar-refractivity contribution in [3.8, 4) is 0 Å². The molecule has 2 rings (SSSR count). The summed E-state index contributed by atoms with van der Waals surface area (Å²) in [4.78, 5) is 10.9. The summed E-state index contributed by atoms with van der Waals surface area (Å²) in [5, 5.41) is 8.96. The molecule has 2 fully saturated rings. The maximum atomic E-state index is 10.9. The molecule has 0 aromatic heterocycles. The first-order valence-corrected chi connectivity index (χ1v) is 6.25. The van der Waals surface area contributed by atoms with Gasteiger partial charge in [-0.3, -0.25) is 4.79 Å². The SMILES string of the molecule is N[C@H](C(=O)O)C1CCOC2(CCCCC2)C1. The van der Waals surface area contributed by atoms with Crippen LogP contribution in [0.4, 0.5) is 0 Å². The topological polar surface area (TPSA) is 72.6 Å². The Balaban J connectivity index is 2.00. The van der Waals surface area contributed by atoms with Crippen molar-refractivity contribution in [3.63, 3.8) is 0 Å². The van der Waals surface area contributed by atoms with Crippen LogP contribution < -0.4 is 5.73 Å². The molecule has 1 heterocycles. The van der Waals surface area contributed by atoms with Gasteiger partial charge in [-0.05, 0) is 31.6 Å². The van der Waals surface area contributed by atoms with Gasteiger partial charge in [0.2, 0.25) is 0 Å². The lowest BCUT2D eigenvalue weighted by molar-refractivity contribution is -0.147. The molecule has 1 aliphatic carbocycles. The third-order valence-electron chi connectivity index (χ3n) is 4.09. The normalized spacial score (nSPS) is 31.2. The molecule has 0 bridgehead atoms. The number of hydrogen-bond donors (Lipinski definition) is 2. The second-order valence-electron chi connectivity index (χ2n) is 5.21. The lowest BCUT2D eigenvalue weighted by atomic mass is 9.74. The van der Waals surface area contributed by atoms with E-state index in [2.05, 4.69) is 0 Å². The summed E-state index contributed by atoms with van der Waals surface area (Å²) in [6.45, 7) is 0.672. The molecule has 1 aliphatic heterocycles. The average molecular weight is 227 g/mol. The molecular formula is C12H21NO3. The minimum absolute atomic E-state index is 0.0474. The number of nitrogens with two attached hydrogens (primary N) is 1. The predicted octanol–water partition coefficient (Wildman–Crippen LogP) is 1.53. The lowest BCUT2D eigenvalue weighted by Crippen LogP contribution is -2.48. The molecule has 16 heavy (non-hydrogen) atoms. The molecule has 0 aromatic rings. The van der Waals surface area contributed by atoms with Gasteiger partial charge in [-0.25, -0.2) is 0 Å². The average Bonchev–Trinajstić information content (AvgIpc) is 2.29. The lowest BCUT2D eigenvalue weighted by Gasteiger charge is -2.44. The van der Waals surface area contributed by atoms with E-state index >= 15 is 0 Å². The van der Waals surface area contributed by atoms with Crippen molar-refractivity contribution in [2.75, 3.05) is 6.61 Å². The van der Waals surface area contributed by atoms with E-state index in [1.165, 1.54) is 19.3 Å². The Morgan fingerprint density at radius 2 is 2.06 bits per heavy atom. The predicted molar refractivity (Wildman–Crippen MR) is 60.1 cm³/mol. The van der Waals surface area contributed by atoms with Crippen molar-refractivity contribution in [1.82, 2.24) is 0 Å². The summed E-state index contributed by atoms with van der Waals surface area (Å²) < 4.78 is 5.92. The van der Waals surface area contributed by atoms with Gasteiger partial charge in [0.25, 0.3) is 0 Å². The van der Waals surface area contributed by atoms with Crippen LogP contribution in [-0.2, 0) is 9.53 Å². The number of carboxylic acids is 1. The van der Waals surface area contributed by atoms with Gasteiger partial charge < -0.3 is 15.6 Å². The van der Waals surface area contributed by atoms with Crippen LogP contribution >= 0.6 is 0 Å². The fourth-order valence-corrected chi connectivity index (χ4v) is 3.12. The quantitative estimate of drug-likeness (QED) is 0.750. The van der Waals surface area contributed by atoms with Gasteiger partial charge in [-0.15, -0.1) is 0 Å². The zero-order chi connectivity index (χ0) is 11.6. The number of rotatable bonds is 2. The molecule has 0 radical (unpaired) electrons. The van der Waals surface area contributed by atoms with Crippen molar-refractivity contribution < 1.29 is 14.6 Å². The van der Waals surface area contributed by atoms with Crippen LogP contribution in [-0.4, -0.2) is 29.3 Å². The number of aliphatic carboxylic acids is 1. The van der Waals surface area contributed by atoms with Gasteiger partial charge in [0, 0.05) is 6.61 Å². The molecular weight excluding hydrogens is 206 g/mol. The Hall–Kier alpha value is -0.610. The van der Waals surface area contributed by atoms with E-state index in [0.717, 1.165) is 25.7 Å². The van der Waals surface area contributed by atoms with Gasteiger partial charge >= 0.3 is 5.97 Å². The first kappa shape index (κ1) is 11.9. The van der Waals surface area contributed by atoms with Crippen LogP contribution in [0, 0.1) is 5.92 Å². The van der Waals surface area contributed by atoms with Crippen LogP contribution in [0.3, 0.4) is 0 Å². The largest absolute Gasteiger partial charge is 0.480 e. The highest BCUT2D eigenvalue weighted by Crippen LogP contribution is 2.41. The molecule has 0 amide bonds. The Bertz CT molecular complexity index is 255. The van der Waals surface area contributed by atoms with Crippen LogP contribution in [0.15, 0.2) is 0 Å². The third kappa shape index (κ3) is 2.38. The number of carboxylic acid groups (broad SMARTS) is 1. The number of ether oxygens (including phenoxy) is 1. The second kappa shape index (κ2) is 4.72. The minimum atomic E-state index is -0.877. The van der Waals surface area contributed by atoms with Crippen LogP contribution in [0.1, 0.15) is 44.9 Å². The van der Waals surface area contributed by atoms with Crippen molar-refractivity contribution in [3.05, 3.63) is 0 Å². The highest BCUT2D eigenvalue weighted by Gasteiger charge is 2.41. The molecule has 0 aromatic carbocycles. The Morgan fingerprint density at radius 3 is 2.69 bits per heavy atom. The standard InChI is InChI=1S/C12H21NO3/c13-10(11(14)15)9-4-7-16-12(8-9)5-2-1-3-6-12/h9-10H,1-8,13H2,(H,14,15)/t9?,10-/m0/s1. The summed E-state index contributed by atoms with van der Waals surface area (Å²) in [6, 6.07) is -0.720. The van der Waals surface area contributed by atoms with E-state index in [1.54, 1.807) is 0 Å². The summed E-state index contributed by atoms with van der Waals surface area (Å²) >= 11 is 0. The minimum Gasteiger partial charge on any atom is -0.480 e. The maximum Gasteiger partial charge on any atom is 0.320 e. The van der Waals surface area contributed by atoms with Crippen LogP contribution in [0.2, 0.25) is 0 Å². The van der Waals surface area contributed by atoms with Gasteiger partial charge in [-0.2, -0.15) is 0 Å². The zero-order valence-corrected chi connectivity index (χ0v) is 9.65. The maximum absolute atomic E-state index is 10.9. The van der Waals surface area contributed by atoms with E-state index in [-0.39, 0.29) is 11.5 Å². The molecule has 1 unspecified atom stereocenters. The van der Waals surface area contributed by atoms with Gasteiger partial charge in [0.05, 0.1) is 5.60 Å². The molecule has 2 aliphatic rings. The zero-order valence-electron chi connectivity index (χ0n) is 9.65. The Labute approximate surface area is 96.2 Å². The van der Waals surface area contributed by atoms with E-state index in [1.807, 2.05) is 0 Å². The van der Waals surface area contributed by atoms with E-state index in [4.69, 9.17) is 15.6 Å². The molecule has 1 saturated carbocycles. The summed E-state index contributed by atoms with van der Waals surface area (Å²) in [5.41, 5.74) is 5.68. The van der Waals surface area contributed by atoms with Crippen molar-refractivity contribution in [2.45, 2.75) is 56.6 Å². The summed E-state index contributed by atoms with van der Waals surface area (Å²) in [6.07, 6.45) is 7.46. The van der Waals surface area contributed by atoms with Gasteiger partial charge in [0.15, 0.2) is 0 Å². The van der Waals surface area contributed by atoms with Crippen molar-refractivity contribution in [1.29, 1.82) is 0 Å². The highest BCUT2D eigenvalue weighted by molar-refractivity contribution is 5.73. The second-order valence-corrected chi connectivity index (χ2v) is 5.21. The molecule has 1 spiro atoms. The third-order valence-corrected chi connectivity index (χ3v) is 4.09. The van der Waals surface area contributed by atoms with Gasteiger partial charge in [-0.1, -0.05) is 19.3 Å². The smallest absolute Gasteiger partial charge is 0.320 e. The first-order chi connectivity index (χ1) is 7.63. The molecule has 4 heteroatoms. The van der Waals surface area contributed by atoms with Crippen molar-refractivity contribution in [2.24, 2.45) is 11.7 Å². The fourth-order valence-electron chi connectivity index (χ4n) is 3.12. The fraction of sp³-hybridized carbons (Fsp3) is 0.917. The Kier molecular flexibility index (Phi) is 3.50. The Morgan fingerprint density at radius 1 is 1.38 bits per heavy atom. The van der Waals surface area contributed by atoms with E-state index in [0.29, 0.717) is 6.61 Å². The van der Waals surface area contributed by atoms with Gasteiger partial charge in [0.1, 0.15) is 6.04 Å². The molecule has 4 nitrogen and oxygen atoms in total. The molecule has 2 atom stereocenters. The number of hydrogen-bond acceptors (Lipinski definition) is 3. The van der Waals surface area contributed by atoms with Crippen LogP contribution in [0.5, 0.6) is 0 Å². The van der Waals surface area contributed by atoms with Crippen LogP contribution in [0.25, 0.3) is 0 Å². The number of carbonyl (C=O) groups is 1.